The van der Waals surface area contributed by atoms with Gasteiger partial charge in [-0.1, -0.05) is 31.2 Å². The Hall–Kier alpha value is -2.58. The van der Waals surface area contributed by atoms with Gasteiger partial charge in [0.25, 0.3) is 10.0 Å². The fraction of sp³-hybridized carbons (Fsp3) is 0.211. The van der Waals surface area contributed by atoms with E-state index in [1.807, 2.05) is 29.6 Å². The second-order valence-corrected chi connectivity index (χ2v) is 8.22. The Balaban J connectivity index is 1.87. The molecule has 0 atom stereocenters. The van der Waals surface area contributed by atoms with Crippen LogP contribution in [0.5, 0.6) is 11.5 Å². The lowest BCUT2D eigenvalue weighted by atomic mass is 10.1. The van der Waals surface area contributed by atoms with Crippen LogP contribution in [0.2, 0.25) is 0 Å². The third-order valence-electron chi connectivity index (χ3n) is 4.04. The Kier molecular flexibility index (Phi) is 5.67. The zero-order chi connectivity index (χ0) is 19.4. The van der Waals surface area contributed by atoms with Crippen molar-refractivity contribution in [2.75, 3.05) is 18.9 Å². The van der Waals surface area contributed by atoms with Crippen LogP contribution in [0, 0.1) is 0 Å². The van der Waals surface area contributed by atoms with E-state index >= 15 is 0 Å². The van der Waals surface area contributed by atoms with Crippen LogP contribution in [0.25, 0.3) is 11.3 Å². The number of methoxy groups -OCH3 is 2. The van der Waals surface area contributed by atoms with Crippen molar-refractivity contribution in [1.29, 1.82) is 0 Å². The van der Waals surface area contributed by atoms with Crippen LogP contribution in [0.1, 0.15) is 12.5 Å². The third kappa shape index (κ3) is 4.23. The van der Waals surface area contributed by atoms with E-state index in [0.29, 0.717) is 5.75 Å². The Morgan fingerprint density at radius 3 is 2.44 bits per heavy atom. The van der Waals surface area contributed by atoms with Gasteiger partial charge in [-0.3, -0.25) is 4.72 Å². The van der Waals surface area contributed by atoms with Gasteiger partial charge in [-0.15, -0.1) is 11.3 Å². The summed E-state index contributed by atoms with van der Waals surface area (Å²) in [6, 6.07) is 12.7. The molecule has 0 aliphatic heterocycles. The summed E-state index contributed by atoms with van der Waals surface area (Å²) >= 11 is 1.23. The average Bonchev–Trinajstić information content (AvgIpc) is 3.15. The molecule has 0 fully saturated rings. The summed E-state index contributed by atoms with van der Waals surface area (Å²) < 4.78 is 38.4. The van der Waals surface area contributed by atoms with Crippen LogP contribution in [-0.4, -0.2) is 27.6 Å². The molecule has 142 valence electrons. The van der Waals surface area contributed by atoms with E-state index in [9.17, 15) is 8.42 Å². The minimum atomic E-state index is -3.88. The van der Waals surface area contributed by atoms with E-state index in [1.54, 1.807) is 12.1 Å². The molecule has 8 heteroatoms. The number of aryl methyl sites for hydroxylation is 1. The Morgan fingerprint density at radius 2 is 1.81 bits per heavy atom. The van der Waals surface area contributed by atoms with Gasteiger partial charge in [0.1, 0.15) is 16.4 Å². The molecule has 1 aromatic heterocycles. The highest BCUT2D eigenvalue weighted by molar-refractivity contribution is 7.93. The lowest BCUT2D eigenvalue weighted by Crippen LogP contribution is -2.14. The summed E-state index contributed by atoms with van der Waals surface area (Å²) in [7, 11) is -0.982. The maximum Gasteiger partial charge on any atom is 0.267 e. The highest BCUT2D eigenvalue weighted by atomic mass is 32.2. The topological polar surface area (TPSA) is 77.5 Å². The average molecular weight is 405 g/mol. The van der Waals surface area contributed by atoms with Crippen LogP contribution in [0.3, 0.4) is 0 Å². The van der Waals surface area contributed by atoms with Gasteiger partial charge in [0, 0.05) is 17.0 Å². The number of sulfonamides is 1. The molecule has 0 aliphatic carbocycles. The minimum absolute atomic E-state index is 0.00611. The number of nitrogens with zero attached hydrogens (tertiary/aromatic N) is 1. The van der Waals surface area contributed by atoms with E-state index in [-0.39, 0.29) is 15.8 Å². The van der Waals surface area contributed by atoms with E-state index in [0.717, 1.165) is 17.7 Å². The fourth-order valence-electron chi connectivity index (χ4n) is 2.53. The van der Waals surface area contributed by atoms with Crippen molar-refractivity contribution >= 4 is 26.5 Å². The predicted octanol–water partition coefficient (Wildman–Crippen LogP) is 4.19. The minimum Gasteiger partial charge on any atom is -0.497 e. The Labute approximate surface area is 162 Å². The van der Waals surface area contributed by atoms with Crippen molar-refractivity contribution in [2.45, 2.75) is 18.2 Å². The van der Waals surface area contributed by atoms with Crippen molar-refractivity contribution < 1.29 is 17.9 Å². The molecule has 0 spiro atoms. The molecule has 0 aliphatic rings. The van der Waals surface area contributed by atoms with E-state index in [1.165, 1.54) is 37.2 Å². The van der Waals surface area contributed by atoms with Crippen LogP contribution >= 0.6 is 11.3 Å². The number of hydrogen-bond acceptors (Lipinski definition) is 6. The lowest BCUT2D eigenvalue weighted by molar-refractivity contribution is 0.392. The molecule has 0 saturated heterocycles. The molecule has 2 aromatic carbocycles. The van der Waals surface area contributed by atoms with Crippen LogP contribution < -0.4 is 14.2 Å². The van der Waals surface area contributed by atoms with Gasteiger partial charge in [0.15, 0.2) is 5.13 Å². The number of ether oxygens (including phenoxy) is 2. The van der Waals surface area contributed by atoms with Crippen LogP contribution in [-0.2, 0) is 16.4 Å². The van der Waals surface area contributed by atoms with Crippen molar-refractivity contribution in [2.24, 2.45) is 0 Å². The zero-order valence-electron chi connectivity index (χ0n) is 15.2. The Morgan fingerprint density at radius 1 is 1.07 bits per heavy atom. The number of nitrogens with one attached hydrogen (secondary N) is 1. The summed E-state index contributed by atoms with van der Waals surface area (Å²) in [5, 5.41) is 2.11. The standard InChI is InChI=1S/C19H20N2O4S2/c1-4-13-5-7-14(8-6-13)16-12-26-19(20-16)21-27(22,23)18-11-15(24-2)9-10-17(18)25-3/h5-12H,4H2,1-3H3,(H,20,21). The molecule has 1 heterocycles. The number of rotatable bonds is 7. The van der Waals surface area contributed by atoms with Crippen molar-refractivity contribution in [3.05, 3.63) is 53.4 Å². The molecule has 0 unspecified atom stereocenters. The molecule has 3 aromatic rings. The molecule has 0 amide bonds. The molecular formula is C19H20N2O4S2. The Bertz CT molecular complexity index is 1030. The number of anilines is 1. The zero-order valence-corrected chi connectivity index (χ0v) is 16.9. The van der Waals surface area contributed by atoms with E-state index in [2.05, 4.69) is 16.6 Å². The van der Waals surface area contributed by atoms with Gasteiger partial charge in [0.2, 0.25) is 0 Å². The monoisotopic (exact) mass is 404 g/mol. The first kappa shape index (κ1) is 19.2. The van der Waals surface area contributed by atoms with Gasteiger partial charge in [0.05, 0.1) is 19.9 Å². The summed E-state index contributed by atoms with van der Waals surface area (Å²) in [5.41, 5.74) is 2.89. The first-order valence-corrected chi connectivity index (χ1v) is 10.6. The summed E-state index contributed by atoms with van der Waals surface area (Å²) in [6.07, 6.45) is 0.963. The molecule has 0 radical (unpaired) electrons. The highest BCUT2D eigenvalue weighted by Gasteiger charge is 2.22. The molecule has 0 saturated carbocycles. The van der Waals surface area contributed by atoms with Crippen molar-refractivity contribution in [1.82, 2.24) is 4.98 Å². The normalized spacial score (nSPS) is 11.2. The maximum absolute atomic E-state index is 12.8. The molecule has 6 nitrogen and oxygen atoms in total. The number of aromatic nitrogens is 1. The van der Waals surface area contributed by atoms with Crippen LogP contribution in [0.15, 0.2) is 52.7 Å². The van der Waals surface area contributed by atoms with Crippen molar-refractivity contribution in [3.8, 4) is 22.8 Å². The quantitative estimate of drug-likeness (QED) is 0.639. The van der Waals surface area contributed by atoms with Crippen molar-refractivity contribution in [3.63, 3.8) is 0 Å². The largest absolute Gasteiger partial charge is 0.497 e. The fourth-order valence-corrected chi connectivity index (χ4v) is 4.69. The maximum atomic E-state index is 12.8. The lowest BCUT2D eigenvalue weighted by Gasteiger charge is -2.11. The smallest absolute Gasteiger partial charge is 0.267 e. The summed E-state index contributed by atoms with van der Waals surface area (Å²) in [4.78, 5) is 4.39. The van der Waals surface area contributed by atoms with E-state index < -0.39 is 10.0 Å². The predicted molar refractivity (Wildman–Crippen MR) is 107 cm³/mol. The third-order valence-corrected chi connectivity index (χ3v) is 6.29. The molecule has 3 rings (SSSR count). The molecule has 27 heavy (non-hydrogen) atoms. The highest BCUT2D eigenvalue weighted by Crippen LogP contribution is 2.31. The van der Waals surface area contributed by atoms with Gasteiger partial charge in [-0.2, -0.15) is 0 Å². The second kappa shape index (κ2) is 7.98. The van der Waals surface area contributed by atoms with Crippen LogP contribution in [0.4, 0.5) is 5.13 Å². The van der Waals surface area contributed by atoms with E-state index in [4.69, 9.17) is 9.47 Å². The van der Waals surface area contributed by atoms with Gasteiger partial charge < -0.3 is 9.47 Å². The molecular weight excluding hydrogens is 384 g/mol. The number of thiazole rings is 1. The molecule has 1 N–H and O–H groups in total. The van der Waals surface area contributed by atoms with Gasteiger partial charge in [-0.25, -0.2) is 13.4 Å². The summed E-state index contributed by atoms with van der Waals surface area (Å²) in [5.74, 6) is 0.655. The first-order chi connectivity index (χ1) is 13.0. The molecule has 0 bridgehead atoms. The number of benzene rings is 2. The van der Waals surface area contributed by atoms with Gasteiger partial charge >= 0.3 is 0 Å². The first-order valence-electron chi connectivity index (χ1n) is 8.26. The summed E-state index contributed by atoms with van der Waals surface area (Å²) in [6.45, 7) is 2.09. The second-order valence-electron chi connectivity index (χ2n) is 5.71. The SMILES string of the molecule is CCc1ccc(-c2csc(NS(=O)(=O)c3cc(OC)ccc3OC)n2)cc1. The number of hydrogen-bond donors (Lipinski definition) is 1. The van der Waals surface area contributed by atoms with Gasteiger partial charge in [-0.05, 0) is 24.1 Å².